The summed E-state index contributed by atoms with van der Waals surface area (Å²) in [6, 6.07) is -0.701. The van der Waals surface area contributed by atoms with Crippen molar-refractivity contribution in [1.82, 2.24) is 5.32 Å². The van der Waals surface area contributed by atoms with Crippen molar-refractivity contribution in [3.63, 3.8) is 0 Å². The summed E-state index contributed by atoms with van der Waals surface area (Å²) in [4.78, 5) is 26.1. The molecule has 0 saturated carbocycles. The topological polar surface area (TPSA) is 95.9 Å². The van der Waals surface area contributed by atoms with E-state index in [2.05, 4.69) is 62.5 Å². The summed E-state index contributed by atoms with van der Waals surface area (Å²) < 4.78 is 5.91. The Bertz CT molecular complexity index is 946. The first-order valence-electron chi connectivity index (χ1n) is 24.7. The van der Waals surface area contributed by atoms with E-state index < -0.39 is 18.2 Å². The van der Waals surface area contributed by atoms with Gasteiger partial charge in [0.05, 0.1) is 25.2 Å². The molecule has 0 aromatic heterocycles. The van der Waals surface area contributed by atoms with Crippen molar-refractivity contribution in [3.05, 3.63) is 36.5 Å². The molecule has 6 heteroatoms. The van der Waals surface area contributed by atoms with E-state index >= 15 is 0 Å². The second-order valence-corrected chi connectivity index (χ2v) is 16.9. The average Bonchev–Trinajstić information content (AvgIpc) is 3.20. The number of ether oxygens (including phenoxy) is 1. The van der Waals surface area contributed by atoms with E-state index in [9.17, 15) is 19.8 Å². The third-order valence-corrected chi connectivity index (χ3v) is 11.3. The van der Waals surface area contributed by atoms with Crippen LogP contribution in [0.25, 0.3) is 0 Å². The highest BCUT2D eigenvalue weighted by Crippen LogP contribution is 2.18. The van der Waals surface area contributed by atoms with E-state index in [0.29, 0.717) is 19.3 Å². The van der Waals surface area contributed by atoms with Gasteiger partial charge in [-0.15, -0.1) is 0 Å². The molecular weight excluding hydrogens is 707 g/mol. The van der Waals surface area contributed by atoms with Crippen molar-refractivity contribution in [2.24, 2.45) is 0 Å². The fourth-order valence-corrected chi connectivity index (χ4v) is 7.55. The Labute approximate surface area is 353 Å². The number of hydrogen-bond acceptors (Lipinski definition) is 5. The fourth-order valence-electron chi connectivity index (χ4n) is 7.55. The summed E-state index contributed by atoms with van der Waals surface area (Å²) in [6.45, 7) is 6.35. The van der Waals surface area contributed by atoms with Crippen LogP contribution in [-0.2, 0) is 14.3 Å². The molecule has 0 aliphatic heterocycles. The fraction of sp³-hybridized carbons (Fsp3) is 0.843. The smallest absolute Gasteiger partial charge is 0.306 e. The number of rotatable bonds is 44. The van der Waals surface area contributed by atoms with Crippen LogP contribution in [0.5, 0.6) is 0 Å². The Kier molecular flexibility index (Phi) is 43.6. The van der Waals surface area contributed by atoms with Crippen LogP contribution in [0.4, 0.5) is 0 Å². The van der Waals surface area contributed by atoms with Gasteiger partial charge in [0.1, 0.15) is 6.10 Å². The largest absolute Gasteiger partial charge is 0.462 e. The predicted molar refractivity (Wildman–Crippen MR) is 246 cm³/mol. The lowest BCUT2D eigenvalue weighted by Crippen LogP contribution is -2.46. The first-order chi connectivity index (χ1) is 28.0. The minimum Gasteiger partial charge on any atom is -0.462 e. The van der Waals surface area contributed by atoms with E-state index in [-0.39, 0.29) is 24.9 Å². The van der Waals surface area contributed by atoms with Crippen LogP contribution in [0, 0.1) is 0 Å². The SMILES string of the molecule is CC/C=C/C=C/C=C\CCCCCCCC(=O)OC(CCCCCCCCCCCCCCC)CC(=O)NC(CO)C(O)CCCCCCCCCCCCCC. The quantitative estimate of drug-likeness (QED) is 0.0324. The predicted octanol–water partition coefficient (Wildman–Crippen LogP) is 14.5. The van der Waals surface area contributed by atoms with Gasteiger partial charge in [-0.2, -0.15) is 0 Å². The van der Waals surface area contributed by atoms with Gasteiger partial charge in [-0.05, 0) is 44.9 Å². The standard InChI is InChI=1S/C51H95NO5/c1-4-7-10-13-16-19-22-25-27-30-33-36-39-42-47(57-51(56)44-41-38-35-32-29-26-23-20-17-14-11-8-5-2)45-50(55)52-48(46-53)49(54)43-40-37-34-31-28-24-21-18-15-12-9-6-3/h8,11,14,17,20,23,47-49,53-54H,4-7,9-10,12-13,15-16,18-19,21-22,24-46H2,1-3H3,(H,52,55)/b11-8+,17-14+,23-20-. The number of carbonyl (C=O) groups excluding carboxylic acids is 2. The second kappa shape index (κ2) is 45.2. The number of amides is 1. The average molecular weight is 802 g/mol. The summed E-state index contributed by atoms with van der Waals surface area (Å²) in [6.07, 6.45) is 52.0. The molecule has 3 unspecified atom stereocenters. The molecule has 1 amide bonds. The van der Waals surface area contributed by atoms with Gasteiger partial charge >= 0.3 is 5.97 Å². The molecule has 0 heterocycles. The molecule has 3 atom stereocenters. The van der Waals surface area contributed by atoms with Crippen LogP contribution < -0.4 is 5.32 Å². The number of carbonyl (C=O) groups is 2. The lowest BCUT2D eigenvalue weighted by atomic mass is 10.0. The molecule has 0 saturated heterocycles. The minimum absolute atomic E-state index is 0.0728. The van der Waals surface area contributed by atoms with Crippen molar-refractivity contribution in [1.29, 1.82) is 0 Å². The molecule has 0 aliphatic rings. The summed E-state index contributed by atoms with van der Waals surface area (Å²) in [5, 5.41) is 23.7. The molecular formula is C51H95NO5. The molecule has 0 aromatic rings. The Morgan fingerprint density at radius 1 is 0.526 bits per heavy atom. The van der Waals surface area contributed by atoms with E-state index in [1.807, 2.05) is 0 Å². The van der Waals surface area contributed by atoms with Crippen LogP contribution >= 0.6 is 0 Å². The number of unbranched alkanes of at least 4 members (excludes halogenated alkanes) is 28. The highest BCUT2D eigenvalue weighted by atomic mass is 16.5. The molecule has 0 bridgehead atoms. The zero-order chi connectivity index (χ0) is 41.7. The highest BCUT2D eigenvalue weighted by Gasteiger charge is 2.24. The lowest BCUT2D eigenvalue weighted by Gasteiger charge is -2.24. The monoisotopic (exact) mass is 802 g/mol. The van der Waals surface area contributed by atoms with Gasteiger partial charge in [-0.1, -0.05) is 231 Å². The van der Waals surface area contributed by atoms with E-state index in [0.717, 1.165) is 77.0 Å². The van der Waals surface area contributed by atoms with Crippen molar-refractivity contribution in [3.8, 4) is 0 Å². The molecule has 0 aliphatic carbocycles. The molecule has 57 heavy (non-hydrogen) atoms. The summed E-state index contributed by atoms with van der Waals surface area (Å²) in [7, 11) is 0. The van der Waals surface area contributed by atoms with Gasteiger partial charge in [-0.25, -0.2) is 0 Å². The van der Waals surface area contributed by atoms with Crippen LogP contribution in [0.2, 0.25) is 0 Å². The highest BCUT2D eigenvalue weighted by molar-refractivity contribution is 5.77. The third-order valence-electron chi connectivity index (χ3n) is 11.3. The lowest BCUT2D eigenvalue weighted by molar-refractivity contribution is -0.151. The molecule has 0 rings (SSSR count). The molecule has 0 fully saturated rings. The van der Waals surface area contributed by atoms with Crippen molar-refractivity contribution in [2.75, 3.05) is 6.61 Å². The normalized spacial score (nSPS) is 13.6. The third kappa shape index (κ3) is 40.6. The van der Waals surface area contributed by atoms with Crippen molar-refractivity contribution in [2.45, 2.75) is 270 Å². The van der Waals surface area contributed by atoms with Gasteiger partial charge in [0.25, 0.3) is 0 Å². The zero-order valence-corrected chi connectivity index (χ0v) is 38.0. The number of hydrogen-bond donors (Lipinski definition) is 3. The molecule has 0 aromatic carbocycles. The number of allylic oxidation sites excluding steroid dienone is 6. The van der Waals surface area contributed by atoms with Gasteiger partial charge in [0, 0.05) is 6.42 Å². The maximum Gasteiger partial charge on any atom is 0.306 e. The van der Waals surface area contributed by atoms with Gasteiger partial charge < -0.3 is 20.3 Å². The minimum atomic E-state index is -0.787. The van der Waals surface area contributed by atoms with Crippen LogP contribution in [-0.4, -0.2) is 46.9 Å². The van der Waals surface area contributed by atoms with Gasteiger partial charge in [0.15, 0.2) is 0 Å². The van der Waals surface area contributed by atoms with E-state index in [1.54, 1.807) is 0 Å². The molecule has 0 radical (unpaired) electrons. The Morgan fingerprint density at radius 2 is 0.947 bits per heavy atom. The molecule has 6 nitrogen and oxygen atoms in total. The summed E-state index contributed by atoms with van der Waals surface area (Å²) >= 11 is 0. The Balaban J connectivity index is 4.59. The first-order valence-corrected chi connectivity index (χ1v) is 24.7. The number of aliphatic hydroxyl groups is 2. The molecule has 334 valence electrons. The second-order valence-electron chi connectivity index (χ2n) is 16.9. The molecule has 3 N–H and O–H groups in total. The summed E-state index contributed by atoms with van der Waals surface area (Å²) in [5.41, 5.74) is 0. The van der Waals surface area contributed by atoms with Crippen LogP contribution in [0.3, 0.4) is 0 Å². The van der Waals surface area contributed by atoms with Crippen LogP contribution in [0.1, 0.15) is 252 Å². The van der Waals surface area contributed by atoms with E-state index in [1.165, 1.54) is 128 Å². The Morgan fingerprint density at radius 3 is 1.42 bits per heavy atom. The van der Waals surface area contributed by atoms with Crippen LogP contribution in [0.15, 0.2) is 36.5 Å². The van der Waals surface area contributed by atoms with Gasteiger partial charge in [0.2, 0.25) is 5.91 Å². The Hall–Kier alpha value is -1.92. The first kappa shape index (κ1) is 55.1. The number of esters is 1. The number of nitrogens with one attached hydrogen (secondary N) is 1. The summed E-state index contributed by atoms with van der Waals surface area (Å²) in [5.74, 6) is -0.489. The molecule has 0 spiro atoms. The maximum absolute atomic E-state index is 13.2. The van der Waals surface area contributed by atoms with Gasteiger partial charge in [-0.3, -0.25) is 9.59 Å². The van der Waals surface area contributed by atoms with E-state index in [4.69, 9.17) is 4.74 Å². The number of aliphatic hydroxyl groups excluding tert-OH is 2. The maximum atomic E-state index is 13.2. The van der Waals surface area contributed by atoms with Crippen molar-refractivity contribution >= 4 is 11.9 Å². The zero-order valence-electron chi connectivity index (χ0n) is 38.0. The van der Waals surface area contributed by atoms with Crippen molar-refractivity contribution < 1.29 is 24.5 Å².